The second-order valence-electron chi connectivity index (χ2n) is 6.89. The van der Waals surface area contributed by atoms with E-state index in [0.717, 1.165) is 22.3 Å². The number of hydrazone groups is 1. The first-order valence-electron chi connectivity index (χ1n) is 9.35. The summed E-state index contributed by atoms with van der Waals surface area (Å²) < 4.78 is 18.7. The molecule has 0 spiro atoms. The number of hydrogen-bond acceptors (Lipinski definition) is 3. The molecule has 1 amide bonds. The first-order valence-corrected chi connectivity index (χ1v) is 9.35. The molecule has 5 heteroatoms. The minimum Gasteiger partial charge on any atom is -0.489 e. The van der Waals surface area contributed by atoms with E-state index in [-0.39, 0.29) is 18.1 Å². The van der Waals surface area contributed by atoms with Crippen molar-refractivity contribution >= 4 is 12.1 Å². The molecule has 0 atom stereocenters. The summed E-state index contributed by atoms with van der Waals surface area (Å²) in [5, 5.41) is 4.03. The molecule has 0 saturated carbocycles. The van der Waals surface area contributed by atoms with Crippen molar-refractivity contribution in [2.45, 2.75) is 26.9 Å². The molecule has 1 N–H and O–H groups in total. The first kappa shape index (κ1) is 20.3. The van der Waals surface area contributed by atoms with E-state index in [1.54, 1.807) is 18.3 Å². The molecular weight excluding hydrogens is 367 g/mol. The lowest BCUT2D eigenvalue weighted by molar-refractivity contribution is -0.120. The van der Waals surface area contributed by atoms with Gasteiger partial charge in [-0.05, 0) is 60.4 Å². The Kier molecular flexibility index (Phi) is 6.74. The van der Waals surface area contributed by atoms with Gasteiger partial charge < -0.3 is 4.74 Å². The maximum Gasteiger partial charge on any atom is 0.244 e. The van der Waals surface area contributed by atoms with Gasteiger partial charge in [-0.15, -0.1) is 0 Å². The van der Waals surface area contributed by atoms with E-state index in [2.05, 4.69) is 16.6 Å². The third kappa shape index (κ3) is 6.28. The van der Waals surface area contributed by atoms with E-state index < -0.39 is 0 Å². The van der Waals surface area contributed by atoms with Gasteiger partial charge in [-0.25, -0.2) is 9.82 Å². The number of nitrogens with one attached hydrogen (secondary N) is 1. The molecule has 148 valence electrons. The average Bonchev–Trinajstić information content (AvgIpc) is 2.70. The van der Waals surface area contributed by atoms with Crippen LogP contribution in [0.3, 0.4) is 0 Å². The summed E-state index contributed by atoms with van der Waals surface area (Å²) in [5.41, 5.74) is 7.49. The fourth-order valence-corrected chi connectivity index (χ4v) is 2.87. The number of halogens is 1. The molecule has 0 fully saturated rings. The van der Waals surface area contributed by atoms with Gasteiger partial charge >= 0.3 is 0 Å². The van der Waals surface area contributed by atoms with Crippen LogP contribution in [0.1, 0.15) is 27.8 Å². The van der Waals surface area contributed by atoms with Gasteiger partial charge in [0.25, 0.3) is 0 Å². The molecule has 0 aliphatic carbocycles. The zero-order chi connectivity index (χ0) is 20.6. The summed E-state index contributed by atoms with van der Waals surface area (Å²) in [5.74, 6) is 0.225. The van der Waals surface area contributed by atoms with Gasteiger partial charge in [0.2, 0.25) is 5.91 Å². The topological polar surface area (TPSA) is 50.7 Å². The van der Waals surface area contributed by atoms with E-state index >= 15 is 0 Å². The lowest BCUT2D eigenvalue weighted by Crippen LogP contribution is -2.20. The van der Waals surface area contributed by atoms with Crippen molar-refractivity contribution in [3.8, 4) is 5.75 Å². The SMILES string of the molecule is Cc1ccc(CC(=O)N/N=C\c2cccc(OCc3ccc(F)cc3)c2)c(C)c1. The second kappa shape index (κ2) is 9.64. The van der Waals surface area contributed by atoms with Gasteiger partial charge in [-0.2, -0.15) is 5.10 Å². The maximum atomic E-state index is 13.0. The van der Waals surface area contributed by atoms with Crippen LogP contribution in [0.15, 0.2) is 71.8 Å². The Morgan fingerprint density at radius 1 is 1.07 bits per heavy atom. The highest BCUT2D eigenvalue weighted by Gasteiger charge is 2.05. The summed E-state index contributed by atoms with van der Waals surface area (Å²) in [4.78, 5) is 12.1. The highest BCUT2D eigenvalue weighted by molar-refractivity contribution is 5.83. The van der Waals surface area contributed by atoms with Gasteiger partial charge in [0.05, 0.1) is 12.6 Å². The summed E-state index contributed by atoms with van der Waals surface area (Å²) in [6, 6.07) is 19.6. The number of benzene rings is 3. The van der Waals surface area contributed by atoms with Crippen molar-refractivity contribution in [3.63, 3.8) is 0 Å². The Bertz CT molecular complexity index is 1010. The summed E-state index contributed by atoms with van der Waals surface area (Å²) in [6.45, 7) is 4.36. The highest BCUT2D eigenvalue weighted by Crippen LogP contribution is 2.15. The minimum atomic E-state index is -0.272. The number of carbonyl (C=O) groups is 1. The van der Waals surface area contributed by atoms with E-state index in [1.807, 2.05) is 50.2 Å². The monoisotopic (exact) mass is 390 g/mol. The normalized spacial score (nSPS) is 10.9. The molecule has 3 rings (SSSR count). The quantitative estimate of drug-likeness (QED) is 0.469. The lowest BCUT2D eigenvalue weighted by atomic mass is 10.0. The van der Waals surface area contributed by atoms with Crippen molar-refractivity contribution in [1.82, 2.24) is 5.43 Å². The molecular formula is C24H23FN2O2. The molecule has 3 aromatic carbocycles. The molecule has 3 aromatic rings. The standard InChI is InChI=1S/C24H23FN2O2/c1-17-6-9-21(18(2)12-17)14-24(28)27-26-15-20-4-3-5-23(13-20)29-16-19-7-10-22(25)11-8-19/h3-13,15H,14,16H2,1-2H3,(H,27,28)/b26-15-. The van der Waals surface area contributed by atoms with Crippen molar-refractivity contribution in [1.29, 1.82) is 0 Å². The second-order valence-corrected chi connectivity index (χ2v) is 6.89. The molecule has 0 aromatic heterocycles. The van der Waals surface area contributed by atoms with Crippen molar-refractivity contribution < 1.29 is 13.9 Å². The summed E-state index contributed by atoms with van der Waals surface area (Å²) in [7, 11) is 0. The predicted octanol–water partition coefficient (Wildman–Crippen LogP) is 4.71. The van der Waals surface area contributed by atoms with Gasteiger partial charge in [0.1, 0.15) is 18.2 Å². The molecule has 0 radical (unpaired) electrons. The number of rotatable bonds is 7. The average molecular weight is 390 g/mol. The van der Waals surface area contributed by atoms with Crippen LogP contribution >= 0.6 is 0 Å². The van der Waals surface area contributed by atoms with Crippen LogP contribution in [-0.4, -0.2) is 12.1 Å². The molecule has 0 unspecified atom stereocenters. The number of amides is 1. The third-order valence-corrected chi connectivity index (χ3v) is 4.43. The minimum absolute atomic E-state index is 0.170. The molecule has 0 bridgehead atoms. The number of nitrogens with zero attached hydrogens (tertiary/aromatic N) is 1. The first-order chi connectivity index (χ1) is 14.0. The number of ether oxygens (including phenoxy) is 1. The Balaban J connectivity index is 1.53. The zero-order valence-electron chi connectivity index (χ0n) is 16.5. The molecule has 29 heavy (non-hydrogen) atoms. The highest BCUT2D eigenvalue weighted by atomic mass is 19.1. The Morgan fingerprint density at radius 2 is 1.86 bits per heavy atom. The molecule has 0 saturated heterocycles. The van der Waals surface area contributed by atoms with Crippen LogP contribution in [0, 0.1) is 19.7 Å². The van der Waals surface area contributed by atoms with Crippen LogP contribution in [0.25, 0.3) is 0 Å². The van der Waals surface area contributed by atoms with E-state index in [4.69, 9.17) is 4.74 Å². The Morgan fingerprint density at radius 3 is 2.62 bits per heavy atom. The predicted molar refractivity (Wildman–Crippen MR) is 113 cm³/mol. The van der Waals surface area contributed by atoms with E-state index in [9.17, 15) is 9.18 Å². The number of hydrogen-bond donors (Lipinski definition) is 1. The fraction of sp³-hybridized carbons (Fsp3) is 0.167. The third-order valence-electron chi connectivity index (χ3n) is 4.43. The van der Waals surface area contributed by atoms with Gasteiger partial charge in [0, 0.05) is 0 Å². The summed E-state index contributed by atoms with van der Waals surface area (Å²) >= 11 is 0. The van der Waals surface area contributed by atoms with E-state index in [1.165, 1.54) is 17.7 Å². The molecule has 4 nitrogen and oxygen atoms in total. The van der Waals surface area contributed by atoms with E-state index in [0.29, 0.717) is 12.4 Å². The van der Waals surface area contributed by atoms with Crippen LogP contribution in [0.2, 0.25) is 0 Å². The van der Waals surface area contributed by atoms with Gasteiger partial charge in [0.15, 0.2) is 0 Å². The molecule has 0 heterocycles. The van der Waals surface area contributed by atoms with Crippen LogP contribution in [-0.2, 0) is 17.8 Å². The maximum absolute atomic E-state index is 13.0. The lowest BCUT2D eigenvalue weighted by Gasteiger charge is -2.07. The zero-order valence-corrected chi connectivity index (χ0v) is 16.5. The number of aryl methyl sites for hydroxylation is 2. The summed E-state index contributed by atoms with van der Waals surface area (Å²) in [6.07, 6.45) is 1.86. The largest absolute Gasteiger partial charge is 0.489 e. The fourth-order valence-electron chi connectivity index (χ4n) is 2.87. The molecule has 0 aliphatic rings. The van der Waals surface area contributed by atoms with Crippen LogP contribution in [0.5, 0.6) is 5.75 Å². The molecule has 0 aliphatic heterocycles. The van der Waals surface area contributed by atoms with Gasteiger partial charge in [-0.3, -0.25) is 4.79 Å². The van der Waals surface area contributed by atoms with Crippen molar-refractivity contribution in [2.75, 3.05) is 0 Å². The van der Waals surface area contributed by atoms with Gasteiger partial charge in [-0.1, -0.05) is 48.0 Å². The number of carbonyl (C=O) groups excluding carboxylic acids is 1. The van der Waals surface area contributed by atoms with Crippen molar-refractivity contribution in [3.05, 3.63) is 100 Å². The van der Waals surface area contributed by atoms with Crippen molar-refractivity contribution in [2.24, 2.45) is 5.10 Å². The Labute approximate surface area is 170 Å². The van der Waals surface area contributed by atoms with Crippen LogP contribution in [0.4, 0.5) is 4.39 Å². The smallest absolute Gasteiger partial charge is 0.244 e. The van der Waals surface area contributed by atoms with Crippen LogP contribution < -0.4 is 10.2 Å². The Hall–Kier alpha value is -3.47.